The maximum absolute atomic E-state index is 7.01. The monoisotopic (exact) mass is 832 g/mol. The summed E-state index contributed by atoms with van der Waals surface area (Å²) >= 11 is 0. The van der Waals surface area contributed by atoms with Gasteiger partial charge in [0.1, 0.15) is 11.5 Å². The Bertz CT molecular complexity index is 3590. The first kappa shape index (κ1) is 38.6. The molecule has 3 heteroatoms. The first-order valence-electron chi connectivity index (χ1n) is 22.3. The van der Waals surface area contributed by atoms with Crippen LogP contribution in [0.1, 0.15) is 28.9 Å². The summed E-state index contributed by atoms with van der Waals surface area (Å²) in [5.41, 5.74) is 19.7. The van der Waals surface area contributed by atoms with Gasteiger partial charge in [0.25, 0.3) is 0 Å². The molecule has 12 rings (SSSR count). The zero-order valence-electron chi connectivity index (χ0n) is 35.7. The van der Waals surface area contributed by atoms with Crippen LogP contribution in [-0.4, -0.2) is 0 Å². The second-order valence-corrected chi connectivity index (χ2v) is 17.0. The zero-order valence-corrected chi connectivity index (χ0v) is 35.7. The van der Waals surface area contributed by atoms with E-state index in [2.05, 4.69) is 236 Å². The van der Waals surface area contributed by atoms with Crippen LogP contribution in [0.2, 0.25) is 0 Å². The molecule has 0 aliphatic carbocycles. The number of ether oxygens (including phenoxy) is 1. The summed E-state index contributed by atoms with van der Waals surface area (Å²) in [4.78, 5) is 0. The van der Waals surface area contributed by atoms with Crippen molar-refractivity contribution in [3.63, 3.8) is 0 Å². The second kappa shape index (κ2) is 16.2. The maximum Gasteiger partial charge on any atom is 0.135 e. The van der Waals surface area contributed by atoms with E-state index >= 15 is 0 Å². The van der Waals surface area contributed by atoms with E-state index in [-0.39, 0.29) is 6.04 Å². The number of hydrogen-bond acceptors (Lipinski definition) is 3. The highest BCUT2D eigenvalue weighted by Gasteiger charge is 2.21. The molecule has 11 aromatic rings. The molecule has 65 heavy (non-hydrogen) atoms. The quantitative estimate of drug-likeness (QED) is 0.0865. The number of nitrogens with two attached hydrogens (primary N) is 1. The smallest absolute Gasteiger partial charge is 0.135 e. The summed E-state index contributed by atoms with van der Waals surface area (Å²) in [6.07, 6.45) is 4.02. The topological polar surface area (TPSA) is 47.3 Å². The summed E-state index contributed by atoms with van der Waals surface area (Å²) in [7, 11) is 0. The Labute approximate surface area is 378 Å². The minimum Gasteiger partial charge on any atom is -0.456 e. The number of rotatable bonds is 9. The zero-order chi connectivity index (χ0) is 43.3. The van der Waals surface area contributed by atoms with Crippen LogP contribution in [-0.2, 0) is 0 Å². The molecule has 0 amide bonds. The van der Waals surface area contributed by atoms with Crippen LogP contribution in [0.3, 0.4) is 0 Å². The van der Waals surface area contributed by atoms with Gasteiger partial charge in [-0.05, 0) is 118 Å². The van der Waals surface area contributed by atoms with E-state index in [0.29, 0.717) is 0 Å². The van der Waals surface area contributed by atoms with Gasteiger partial charge in [0.2, 0.25) is 0 Å². The molecule has 0 radical (unpaired) electrons. The largest absolute Gasteiger partial charge is 0.456 e. The highest BCUT2D eigenvalue weighted by molar-refractivity contribution is 6.20. The predicted molar refractivity (Wildman–Crippen MR) is 273 cm³/mol. The molecule has 308 valence electrons. The van der Waals surface area contributed by atoms with Crippen molar-refractivity contribution in [3.8, 4) is 56.0 Å². The lowest BCUT2D eigenvalue weighted by molar-refractivity contribution is 0.487. The molecule has 0 spiro atoms. The van der Waals surface area contributed by atoms with Gasteiger partial charge in [0, 0.05) is 10.9 Å². The van der Waals surface area contributed by atoms with Crippen molar-refractivity contribution in [1.82, 2.24) is 5.32 Å². The molecule has 1 aliphatic rings. The van der Waals surface area contributed by atoms with Crippen molar-refractivity contribution in [2.24, 2.45) is 5.73 Å². The third-order valence-corrected chi connectivity index (χ3v) is 13.1. The van der Waals surface area contributed by atoms with Gasteiger partial charge in [-0.3, -0.25) is 5.32 Å². The van der Waals surface area contributed by atoms with Crippen molar-refractivity contribution in [3.05, 3.63) is 247 Å². The Kier molecular flexibility index (Phi) is 9.64. The van der Waals surface area contributed by atoms with Gasteiger partial charge in [-0.25, -0.2) is 0 Å². The normalized spacial score (nSPS) is 13.0. The minimum absolute atomic E-state index is 0.174. The van der Waals surface area contributed by atoms with E-state index in [0.717, 1.165) is 55.8 Å². The van der Waals surface area contributed by atoms with Crippen LogP contribution in [0.25, 0.3) is 93.7 Å². The number of nitrogens with one attached hydrogen (secondary N) is 1. The molecule has 2 unspecified atom stereocenters. The van der Waals surface area contributed by atoms with Crippen LogP contribution >= 0.6 is 0 Å². The van der Waals surface area contributed by atoms with Gasteiger partial charge >= 0.3 is 0 Å². The van der Waals surface area contributed by atoms with Crippen LogP contribution in [0.5, 0.6) is 11.5 Å². The van der Waals surface area contributed by atoms with E-state index in [1.54, 1.807) is 0 Å². The van der Waals surface area contributed by atoms with Gasteiger partial charge < -0.3 is 10.5 Å². The van der Waals surface area contributed by atoms with Crippen molar-refractivity contribution in [1.29, 1.82) is 0 Å². The summed E-state index contributed by atoms with van der Waals surface area (Å²) in [6.45, 7) is 0. The Hall–Kier alpha value is -8.08. The summed E-state index contributed by atoms with van der Waals surface area (Å²) < 4.78 is 6.38. The molecule has 0 bridgehead atoms. The van der Waals surface area contributed by atoms with Gasteiger partial charge in [-0.15, -0.1) is 0 Å². The van der Waals surface area contributed by atoms with Crippen LogP contribution in [0, 0.1) is 0 Å². The Morgan fingerprint density at radius 1 is 0.400 bits per heavy atom. The molecular formula is C62H44N2O. The Morgan fingerprint density at radius 2 is 1.03 bits per heavy atom. The van der Waals surface area contributed by atoms with E-state index in [9.17, 15) is 0 Å². The second-order valence-electron chi connectivity index (χ2n) is 17.0. The maximum atomic E-state index is 7.01. The fraction of sp³-hybridized carbons (Fsp3) is 0.0323. The van der Waals surface area contributed by atoms with Crippen molar-refractivity contribution in [2.75, 3.05) is 0 Å². The fourth-order valence-electron chi connectivity index (χ4n) is 9.79. The van der Waals surface area contributed by atoms with Gasteiger partial charge in [-0.1, -0.05) is 212 Å². The molecule has 1 aliphatic heterocycles. The molecule has 0 saturated carbocycles. The average molecular weight is 833 g/mol. The fourth-order valence-corrected chi connectivity index (χ4v) is 9.79. The third kappa shape index (κ3) is 7.14. The van der Waals surface area contributed by atoms with E-state index in [4.69, 9.17) is 10.5 Å². The summed E-state index contributed by atoms with van der Waals surface area (Å²) in [6, 6.07) is 80.2. The van der Waals surface area contributed by atoms with E-state index in [1.165, 1.54) is 60.0 Å². The lowest BCUT2D eigenvalue weighted by Gasteiger charge is -2.22. The van der Waals surface area contributed by atoms with Gasteiger partial charge in [0.05, 0.1) is 12.2 Å². The third-order valence-electron chi connectivity index (χ3n) is 13.1. The molecule has 3 N–H and O–H groups in total. The number of fused-ring (bicyclic) bond motifs is 6. The highest BCUT2D eigenvalue weighted by Crippen LogP contribution is 2.47. The SMILES string of the molecule is NC(NC(/C=C/c1ccc(-c2ccc3c(c2)-c2cccc4cccc(c24)O3)cc1)c1ccc(-c2c3ccccc3cc3c2ccc2ccccc23)cc1)c1ccc(-c2ccccc2)cc1. The molecular weight excluding hydrogens is 789 g/mol. The Morgan fingerprint density at radius 3 is 1.85 bits per heavy atom. The van der Waals surface area contributed by atoms with Crippen molar-refractivity contribution < 1.29 is 4.74 Å². The van der Waals surface area contributed by atoms with E-state index < -0.39 is 6.17 Å². The molecule has 0 saturated heterocycles. The van der Waals surface area contributed by atoms with Crippen molar-refractivity contribution in [2.45, 2.75) is 12.2 Å². The standard InChI is InChI=1S/C62H44N2O/c63-62(48-31-25-42(26-32-48)41-10-2-1-3-11-41)64-57(45-27-29-47(30-28-45)60-52-17-7-5-13-50(52)39-55-51-16-6-4-12-44(51)33-35-54(55)60)36-22-40-20-23-43(24-21-40)49-34-37-58-56(38-49)53-18-8-14-46-15-9-19-59(65-58)61(46)53/h1-39,57,62,64H,63H2/b36-22+. The molecule has 1 heterocycles. The van der Waals surface area contributed by atoms with Crippen LogP contribution in [0.4, 0.5) is 0 Å². The van der Waals surface area contributed by atoms with Gasteiger partial charge in [-0.2, -0.15) is 0 Å². The first-order chi connectivity index (χ1) is 32.1. The van der Waals surface area contributed by atoms with Crippen LogP contribution in [0.15, 0.2) is 231 Å². The van der Waals surface area contributed by atoms with Crippen molar-refractivity contribution >= 4 is 49.2 Å². The number of hydrogen-bond donors (Lipinski definition) is 2. The molecule has 0 aromatic heterocycles. The van der Waals surface area contributed by atoms with Gasteiger partial charge in [0.15, 0.2) is 0 Å². The molecule has 0 fully saturated rings. The molecule has 11 aromatic carbocycles. The predicted octanol–water partition coefficient (Wildman–Crippen LogP) is 16.1. The highest BCUT2D eigenvalue weighted by atomic mass is 16.5. The van der Waals surface area contributed by atoms with E-state index in [1.807, 2.05) is 6.07 Å². The lowest BCUT2D eigenvalue weighted by atomic mass is 9.89. The number of benzene rings is 11. The molecule has 3 nitrogen and oxygen atoms in total. The summed E-state index contributed by atoms with van der Waals surface area (Å²) in [5.74, 6) is 1.79. The minimum atomic E-state index is -0.405. The Balaban J connectivity index is 0.874. The lowest BCUT2D eigenvalue weighted by Crippen LogP contribution is -2.31. The van der Waals surface area contributed by atoms with Crippen LogP contribution < -0.4 is 15.8 Å². The summed E-state index contributed by atoms with van der Waals surface area (Å²) in [5, 5.41) is 13.6. The average Bonchev–Trinajstić information content (AvgIpc) is 3.37. The molecule has 2 atom stereocenters. The first-order valence-corrected chi connectivity index (χ1v) is 22.3.